The molecule has 0 unspecified atom stereocenters. The van der Waals surface area contributed by atoms with E-state index in [1.807, 2.05) is 23.9 Å². The molecule has 0 aliphatic carbocycles. The first-order valence-corrected chi connectivity index (χ1v) is 7.90. The Morgan fingerprint density at radius 1 is 1.41 bits per heavy atom. The predicted octanol–water partition coefficient (Wildman–Crippen LogP) is 1.14. The summed E-state index contributed by atoms with van der Waals surface area (Å²) in [4.78, 5) is 1.62. The Morgan fingerprint density at radius 2 is 2.12 bits per heavy atom. The van der Waals surface area contributed by atoms with Gasteiger partial charge in [-0.25, -0.2) is 0 Å². The highest BCUT2D eigenvalue weighted by molar-refractivity contribution is 14.1. The second-order valence-electron chi connectivity index (χ2n) is 4.17. The Kier molecular flexibility index (Phi) is 4.81. The van der Waals surface area contributed by atoms with Gasteiger partial charge in [0.2, 0.25) is 0 Å². The molecule has 3 nitrogen and oxygen atoms in total. The number of hydrogen-bond acceptors (Lipinski definition) is 3. The zero-order valence-corrected chi connectivity index (χ0v) is 12.8. The highest BCUT2D eigenvalue weighted by atomic mass is 127. The van der Waals surface area contributed by atoms with Gasteiger partial charge in [-0.1, -0.05) is 0 Å². The molecule has 1 saturated heterocycles. The minimum absolute atomic E-state index is 0.251. The van der Waals surface area contributed by atoms with E-state index in [1.165, 1.54) is 30.2 Å². The minimum atomic E-state index is 0.251. The minimum Gasteiger partial charge on any atom is -0.504 e. The number of benzene rings is 1. The van der Waals surface area contributed by atoms with Gasteiger partial charge in [-0.05, 0) is 34.7 Å². The molecular weight excluding hydrogens is 349 g/mol. The quantitative estimate of drug-likeness (QED) is 0.788. The van der Waals surface area contributed by atoms with E-state index in [1.54, 1.807) is 12.0 Å². The van der Waals surface area contributed by atoms with Crippen molar-refractivity contribution in [1.82, 2.24) is 0 Å². The molecule has 0 spiro atoms. The Bertz CT molecular complexity index is 394. The molecule has 17 heavy (non-hydrogen) atoms. The summed E-state index contributed by atoms with van der Waals surface area (Å²) in [6, 6.07) is 4.00. The molecule has 0 atom stereocenters. The van der Waals surface area contributed by atoms with Gasteiger partial charge in [0.25, 0.3) is 0 Å². The van der Waals surface area contributed by atoms with Gasteiger partial charge in [0, 0.05) is 17.1 Å². The molecule has 0 amide bonds. The van der Waals surface area contributed by atoms with Crippen molar-refractivity contribution in [3.05, 3.63) is 21.3 Å². The number of halogens is 1. The molecule has 0 bridgehead atoms. The number of nitrogens with one attached hydrogen (secondary N) is 1. The predicted molar refractivity (Wildman–Crippen MR) is 79.1 cm³/mol. The molecule has 1 fully saturated rings. The van der Waals surface area contributed by atoms with Crippen LogP contribution in [0.4, 0.5) is 0 Å². The fraction of sp³-hybridized carbons (Fsp3) is 0.500. The molecule has 0 saturated carbocycles. The SMILES string of the molecule is COc1cc(C[NH+]2CCSCC2)cc(I)c1O. The molecule has 5 heteroatoms. The van der Waals surface area contributed by atoms with Crippen LogP contribution in [-0.4, -0.2) is 36.8 Å². The molecule has 0 radical (unpaired) electrons. The number of rotatable bonds is 3. The molecule has 1 aromatic rings. The lowest BCUT2D eigenvalue weighted by Gasteiger charge is -2.23. The number of methoxy groups -OCH3 is 1. The fourth-order valence-corrected chi connectivity index (χ4v) is 3.75. The summed E-state index contributed by atoms with van der Waals surface area (Å²) < 4.78 is 6.05. The van der Waals surface area contributed by atoms with E-state index in [2.05, 4.69) is 22.6 Å². The van der Waals surface area contributed by atoms with Crippen LogP contribution in [0.2, 0.25) is 0 Å². The van der Waals surface area contributed by atoms with Crippen LogP contribution in [0.3, 0.4) is 0 Å². The Hall–Kier alpha value is -0.140. The number of phenolic OH excluding ortho intramolecular Hbond substituents is 1. The number of phenols is 1. The molecular formula is C12H17INO2S+. The Labute approximate surface area is 120 Å². The van der Waals surface area contributed by atoms with E-state index >= 15 is 0 Å². The number of thioether (sulfide) groups is 1. The highest BCUT2D eigenvalue weighted by Crippen LogP contribution is 2.32. The summed E-state index contributed by atoms with van der Waals surface area (Å²) in [5.41, 5.74) is 1.24. The van der Waals surface area contributed by atoms with E-state index in [0.29, 0.717) is 5.75 Å². The van der Waals surface area contributed by atoms with Crippen LogP contribution < -0.4 is 9.64 Å². The maximum atomic E-state index is 9.79. The van der Waals surface area contributed by atoms with Gasteiger partial charge in [-0.15, -0.1) is 0 Å². The summed E-state index contributed by atoms with van der Waals surface area (Å²) in [6.07, 6.45) is 0. The smallest absolute Gasteiger partial charge is 0.171 e. The lowest BCUT2D eigenvalue weighted by molar-refractivity contribution is -0.910. The first-order valence-electron chi connectivity index (χ1n) is 5.67. The van der Waals surface area contributed by atoms with Crippen molar-refractivity contribution < 1.29 is 14.7 Å². The third kappa shape index (κ3) is 3.42. The largest absolute Gasteiger partial charge is 0.504 e. The normalized spacial score (nSPS) is 17.1. The second kappa shape index (κ2) is 6.15. The third-order valence-electron chi connectivity index (χ3n) is 2.96. The summed E-state index contributed by atoms with van der Waals surface area (Å²) in [5, 5.41) is 9.79. The fourth-order valence-electron chi connectivity index (χ4n) is 2.01. The number of aromatic hydroxyl groups is 1. The van der Waals surface area contributed by atoms with Crippen LogP contribution in [0, 0.1) is 3.57 Å². The van der Waals surface area contributed by atoms with Crippen LogP contribution >= 0.6 is 34.4 Å². The lowest BCUT2D eigenvalue weighted by Crippen LogP contribution is -3.12. The van der Waals surface area contributed by atoms with Crippen LogP contribution in [0.1, 0.15) is 5.56 Å². The summed E-state index contributed by atoms with van der Waals surface area (Å²) in [5.74, 6) is 3.34. The van der Waals surface area contributed by atoms with Gasteiger partial charge in [0.1, 0.15) is 6.54 Å². The Morgan fingerprint density at radius 3 is 2.76 bits per heavy atom. The van der Waals surface area contributed by atoms with E-state index in [0.717, 1.165) is 10.1 Å². The van der Waals surface area contributed by atoms with Crippen molar-refractivity contribution in [3.8, 4) is 11.5 Å². The zero-order valence-electron chi connectivity index (χ0n) is 9.83. The van der Waals surface area contributed by atoms with Crippen molar-refractivity contribution in [1.29, 1.82) is 0 Å². The maximum absolute atomic E-state index is 9.79. The molecule has 94 valence electrons. The van der Waals surface area contributed by atoms with E-state index in [4.69, 9.17) is 4.74 Å². The first-order chi connectivity index (χ1) is 8.20. The van der Waals surface area contributed by atoms with Crippen molar-refractivity contribution in [2.24, 2.45) is 0 Å². The molecule has 1 aliphatic heterocycles. The summed E-state index contributed by atoms with van der Waals surface area (Å²) in [7, 11) is 1.60. The van der Waals surface area contributed by atoms with Gasteiger partial charge >= 0.3 is 0 Å². The number of hydrogen-bond donors (Lipinski definition) is 2. The van der Waals surface area contributed by atoms with Crippen LogP contribution in [0.25, 0.3) is 0 Å². The van der Waals surface area contributed by atoms with Crippen LogP contribution in [0.5, 0.6) is 11.5 Å². The third-order valence-corrected chi connectivity index (χ3v) is 4.77. The lowest BCUT2D eigenvalue weighted by atomic mass is 10.2. The molecule has 2 N–H and O–H groups in total. The number of quaternary nitrogens is 1. The van der Waals surface area contributed by atoms with E-state index in [-0.39, 0.29) is 5.75 Å². The molecule has 2 rings (SSSR count). The zero-order chi connectivity index (χ0) is 12.3. The average molecular weight is 366 g/mol. The van der Waals surface area contributed by atoms with Crippen molar-refractivity contribution in [3.63, 3.8) is 0 Å². The van der Waals surface area contributed by atoms with Crippen molar-refractivity contribution >= 4 is 34.4 Å². The topological polar surface area (TPSA) is 33.9 Å². The maximum Gasteiger partial charge on any atom is 0.171 e. The van der Waals surface area contributed by atoms with Crippen LogP contribution in [0.15, 0.2) is 12.1 Å². The first kappa shape index (κ1) is 13.3. The molecule has 1 aromatic carbocycles. The standard InChI is InChI=1S/C12H16INO2S/c1-16-11-7-9(6-10(13)12(11)15)8-14-2-4-17-5-3-14/h6-7,15H,2-5,8H2,1H3/p+1. The van der Waals surface area contributed by atoms with E-state index in [9.17, 15) is 5.11 Å². The Balaban J connectivity index is 2.12. The van der Waals surface area contributed by atoms with Crippen molar-refractivity contribution in [2.75, 3.05) is 31.7 Å². The number of ether oxygens (including phenoxy) is 1. The van der Waals surface area contributed by atoms with Gasteiger partial charge in [-0.2, -0.15) is 11.8 Å². The summed E-state index contributed by atoms with van der Waals surface area (Å²) in [6.45, 7) is 3.47. The highest BCUT2D eigenvalue weighted by Gasteiger charge is 2.16. The monoisotopic (exact) mass is 366 g/mol. The van der Waals surface area contributed by atoms with E-state index < -0.39 is 0 Å². The summed E-state index contributed by atoms with van der Waals surface area (Å²) >= 11 is 4.19. The van der Waals surface area contributed by atoms with Gasteiger partial charge in [0.15, 0.2) is 11.5 Å². The van der Waals surface area contributed by atoms with Gasteiger partial charge in [-0.3, -0.25) is 0 Å². The molecule has 1 aliphatic rings. The van der Waals surface area contributed by atoms with Gasteiger partial charge in [0.05, 0.1) is 23.8 Å². The van der Waals surface area contributed by atoms with Gasteiger partial charge < -0.3 is 14.7 Å². The average Bonchev–Trinajstić information content (AvgIpc) is 2.35. The second-order valence-corrected chi connectivity index (χ2v) is 6.55. The molecule has 1 heterocycles. The molecule has 0 aromatic heterocycles. The van der Waals surface area contributed by atoms with Crippen LogP contribution in [-0.2, 0) is 6.54 Å². The van der Waals surface area contributed by atoms with Crippen molar-refractivity contribution in [2.45, 2.75) is 6.54 Å².